The van der Waals surface area contributed by atoms with E-state index in [1.54, 1.807) is 26.0 Å². The number of nitrogens with two attached hydrogens (primary N) is 1. The molecule has 0 aliphatic rings. The second-order valence-electron chi connectivity index (χ2n) is 5.30. The average Bonchev–Trinajstić information content (AvgIpc) is 2.36. The number of nitrogens with one attached hydrogen (secondary N) is 2. The number of rotatable bonds is 8. The van der Waals surface area contributed by atoms with Gasteiger partial charge < -0.3 is 11.1 Å². The van der Waals surface area contributed by atoms with E-state index in [9.17, 15) is 18.0 Å². The van der Waals surface area contributed by atoms with Gasteiger partial charge in [0.25, 0.3) is 5.91 Å². The molecule has 1 aromatic carbocycles. The van der Waals surface area contributed by atoms with Crippen molar-refractivity contribution < 1.29 is 18.0 Å². The molecule has 0 aromatic heterocycles. The molecule has 0 saturated heterocycles. The fourth-order valence-corrected chi connectivity index (χ4v) is 3.29. The lowest BCUT2D eigenvalue weighted by Gasteiger charge is -2.13. The van der Waals surface area contributed by atoms with E-state index in [1.165, 1.54) is 12.1 Å². The monoisotopic (exact) mass is 327 g/mol. The van der Waals surface area contributed by atoms with Gasteiger partial charge >= 0.3 is 0 Å². The fraction of sp³-hybridized carbons (Fsp3) is 0.429. The number of carbonyl (C=O) groups excluding carboxylic acids is 2. The van der Waals surface area contributed by atoms with Crippen LogP contribution in [0.2, 0.25) is 0 Å². The number of amides is 2. The molecular weight excluding hydrogens is 306 g/mol. The summed E-state index contributed by atoms with van der Waals surface area (Å²) in [5.41, 5.74) is 5.40. The Labute approximate surface area is 130 Å². The zero-order valence-corrected chi connectivity index (χ0v) is 13.4. The van der Waals surface area contributed by atoms with E-state index in [2.05, 4.69) is 10.0 Å². The number of primary amides is 1. The Morgan fingerprint density at radius 2 is 1.86 bits per heavy atom. The third-order valence-electron chi connectivity index (χ3n) is 2.65. The van der Waals surface area contributed by atoms with E-state index >= 15 is 0 Å². The van der Waals surface area contributed by atoms with Crippen LogP contribution < -0.4 is 15.8 Å². The molecule has 0 heterocycles. The highest BCUT2D eigenvalue weighted by molar-refractivity contribution is 7.92. The number of sulfonamides is 1. The van der Waals surface area contributed by atoms with Gasteiger partial charge in [-0.1, -0.05) is 26.0 Å². The molecule has 8 heteroatoms. The number of hydrogen-bond acceptors (Lipinski definition) is 4. The minimum Gasteiger partial charge on any atom is -0.370 e. The van der Waals surface area contributed by atoms with Crippen LogP contribution in [-0.4, -0.2) is 32.5 Å². The summed E-state index contributed by atoms with van der Waals surface area (Å²) in [6, 6.07) is 6.28. The van der Waals surface area contributed by atoms with Crippen LogP contribution in [0.4, 0.5) is 5.69 Å². The van der Waals surface area contributed by atoms with Crippen LogP contribution in [0.15, 0.2) is 24.3 Å². The van der Waals surface area contributed by atoms with E-state index in [4.69, 9.17) is 5.73 Å². The van der Waals surface area contributed by atoms with Gasteiger partial charge in [-0.3, -0.25) is 14.3 Å². The van der Waals surface area contributed by atoms with Crippen molar-refractivity contribution in [2.75, 3.05) is 17.0 Å². The quantitative estimate of drug-likeness (QED) is 0.651. The third kappa shape index (κ3) is 6.13. The van der Waals surface area contributed by atoms with E-state index in [0.29, 0.717) is 0 Å². The predicted octanol–water partition coefficient (Wildman–Crippen LogP) is 0.690. The van der Waals surface area contributed by atoms with Gasteiger partial charge in [0.05, 0.1) is 17.0 Å². The molecule has 0 spiro atoms. The number of para-hydroxylation sites is 1. The normalized spacial score (nSPS) is 11.2. The molecule has 1 rings (SSSR count). The first-order valence-corrected chi connectivity index (χ1v) is 8.52. The molecule has 7 nitrogen and oxygen atoms in total. The van der Waals surface area contributed by atoms with Crippen LogP contribution in [0, 0.1) is 5.92 Å². The molecule has 0 radical (unpaired) electrons. The first kappa shape index (κ1) is 18.0. The minimum atomic E-state index is -3.53. The molecule has 1 aromatic rings. The van der Waals surface area contributed by atoms with E-state index in [0.717, 1.165) is 0 Å². The van der Waals surface area contributed by atoms with Crippen LogP contribution >= 0.6 is 0 Å². The maximum absolute atomic E-state index is 12.1. The SMILES string of the molecule is CC(C)CS(=O)(=O)Nc1ccccc1C(=O)NCCC(N)=O. The van der Waals surface area contributed by atoms with E-state index < -0.39 is 21.8 Å². The Balaban J connectivity index is 2.85. The topological polar surface area (TPSA) is 118 Å². The zero-order valence-electron chi connectivity index (χ0n) is 12.6. The molecule has 2 amide bonds. The van der Waals surface area contributed by atoms with Crippen LogP contribution in [0.3, 0.4) is 0 Å². The Kier molecular flexibility index (Phi) is 6.36. The number of benzene rings is 1. The van der Waals surface area contributed by atoms with Gasteiger partial charge in [-0.2, -0.15) is 0 Å². The van der Waals surface area contributed by atoms with Crippen molar-refractivity contribution in [2.45, 2.75) is 20.3 Å². The summed E-state index contributed by atoms with van der Waals surface area (Å²) in [5.74, 6) is -1.06. The molecule has 0 atom stereocenters. The van der Waals surface area contributed by atoms with Crippen molar-refractivity contribution >= 4 is 27.5 Å². The lowest BCUT2D eigenvalue weighted by atomic mass is 10.1. The second-order valence-corrected chi connectivity index (χ2v) is 7.06. The van der Waals surface area contributed by atoms with Gasteiger partial charge in [0.15, 0.2) is 0 Å². The Morgan fingerprint density at radius 1 is 1.23 bits per heavy atom. The van der Waals surface area contributed by atoms with Crippen LogP contribution in [0.5, 0.6) is 0 Å². The maximum Gasteiger partial charge on any atom is 0.253 e. The summed E-state index contributed by atoms with van der Waals surface area (Å²) < 4.78 is 26.4. The van der Waals surface area contributed by atoms with Crippen molar-refractivity contribution in [1.29, 1.82) is 0 Å². The van der Waals surface area contributed by atoms with E-state index in [-0.39, 0.29) is 35.9 Å². The molecule has 0 saturated carbocycles. The highest BCUT2D eigenvalue weighted by Gasteiger charge is 2.17. The summed E-state index contributed by atoms with van der Waals surface area (Å²) in [6.07, 6.45) is 0.0208. The average molecular weight is 327 g/mol. The van der Waals surface area contributed by atoms with Gasteiger partial charge in [-0.15, -0.1) is 0 Å². The molecule has 122 valence electrons. The second kappa shape index (κ2) is 7.79. The number of hydrogen-bond donors (Lipinski definition) is 3. The first-order chi connectivity index (χ1) is 10.2. The highest BCUT2D eigenvalue weighted by Crippen LogP contribution is 2.17. The van der Waals surface area contributed by atoms with E-state index in [1.807, 2.05) is 0 Å². The van der Waals surface area contributed by atoms with Gasteiger partial charge in [-0.05, 0) is 18.1 Å². The van der Waals surface area contributed by atoms with Crippen molar-refractivity contribution in [3.05, 3.63) is 29.8 Å². The third-order valence-corrected chi connectivity index (χ3v) is 4.28. The fourth-order valence-electron chi connectivity index (χ4n) is 1.81. The summed E-state index contributed by atoms with van der Waals surface area (Å²) >= 11 is 0. The van der Waals surface area contributed by atoms with Gasteiger partial charge in [0.2, 0.25) is 15.9 Å². The molecule has 0 bridgehead atoms. The maximum atomic E-state index is 12.1. The number of anilines is 1. The minimum absolute atomic E-state index is 0.0208. The lowest BCUT2D eigenvalue weighted by molar-refractivity contribution is -0.117. The van der Waals surface area contributed by atoms with Crippen LogP contribution in [-0.2, 0) is 14.8 Å². The van der Waals surface area contributed by atoms with Crippen molar-refractivity contribution in [2.24, 2.45) is 11.7 Å². The molecule has 22 heavy (non-hydrogen) atoms. The summed E-state index contributed by atoms with van der Waals surface area (Å²) in [7, 11) is -3.53. The van der Waals surface area contributed by atoms with Gasteiger partial charge in [0.1, 0.15) is 0 Å². The first-order valence-electron chi connectivity index (χ1n) is 6.87. The van der Waals surface area contributed by atoms with Gasteiger partial charge in [0, 0.05) is 13.0 Å². The Hall–Kier alpha value is -2.09. The predicted molar refractivity (Wildman–Crippen MR) is 84.8 cm³/mol. The molecule has 0 aliphatic heterocycles. The molecule has 4 N–H and O–H groups in total. The van der Waals surface area contributed by atoms with Crippen molar-refractivity contribution in [1.82, 2.24) is 5.32 Å². The summed E-state index contributed by atoms with van der Waals surface area (Å²) in [4.78, 5) is 22.7. The Morgan fingerprint density at radius 3 is 2.45 bits per heavy atom. The van der Waals surface area contributed by atoms with Crippen molar-refractivity contribution in [3.63, 3.8) is 0 Å². The molecule has 0 unspecified atom stereocenters. The lowest BCUT2D eigenvalue weighted by Crippen LogP contribution is -2.29. The zero-order chi connectivity index (χ0) is 16.8. The number of carbonyl (C=O) groups is 2. The smallest absolute Gasteiger partial charge is 0.253 e. The Bertz CT molecular complexity index is 641. The van der Waals surface area contributed by atoms with Crippen LogP contribution in [0.25, 0.3) is 0 Å². The molecule has 0 aliphatic carbocycles. The summed E-state index contributed by atoms with van der Waals surface area (Å²) in [6.45, 7) is 3.69. The van der Waals surface area contributed by atoms with Crippen molar-refractivity contribution in [3.8, 4) is 0 Å². The van der Waals surface area contributed by atoms with Crippen LogP contribution in [0.1, 0.15) is 30.6 Å². The standard InChI is InChI=1S/C14H21N3O4S/c1-10(2)9-22(20,21)17-12-6-4-3-5-11(12)14(19)16-8-7-13(15)18/h3-6,10,17H,7-9H2,1-2H3,(H2,15,18)(H,16,19). The summed E-state index contributed by atoms with van der Waals surface area (Å²) in [5, 5.41) is 2.52. The molecular formula is C14H21N3O4S. The highest BCUT2D eigenvalue weighted by atomic mass is 32.2. The van der Waals surface area contributed by atoms with Gasteiger partial charge in [-0.25, -0.2) is 8.42 Å². The largest absolute Gasteiger partial charge is 0.370 e. The molecule has 0 fully saturated rings.